The molecule has 2 aliphatic rings. The van der Waals surface area contributed by atoms with E-state index in [1.165, 1.54) is 0 Å². The van der Waals surface area contributed by atoms with Crippen LogP contribution in [0.1, 0.15) is 13.8 Å². The van der Waals surface area contributed by atoms with Crippen molar-refractivity contribution in [2.45, 2.75) is 24.8 Å². The van der Waals surface area contributed by atoms with Gasteiger partial charge in [-0.25, -0.2) is 9.59 Å². The Hall–Kier alpha value is -0.995. The second-order valence-corrected chi connectivity index (χ2v) is 3.42. The Morgan fingerprint density at radius 1 is 1.09 bits per heavy atom. The van der Waals surface area contributed by atoms with E-state index in [9.17, 15) is 9.59 Å². The van der Waals surface area contributed by atoms with Crippen molar-refractivity contribution in [3.8, 4) is 0 Å². The van der Waals surface area contributed by atoms with E-state index in [1.807, 2.05) is 0 Å². The van der Waals surface area contributed by atoms with Gasteiger partial charge in [0.2, 0.25) is 7.28 Å². The average molecular weight is 154 g/mol. The second-order valence-electron chi connectivity index (χ2n) is 3.42. The summed E-state index contributed by atoms with van der Waals surface area (Å²) in [5.74, 6) is -1.75. The largest absolute Gasteiger partial charge is 0.457 e. The van der Waals surface area contributed by atoms with Crippen molar-refractivity contribution < 1.29 is 19.1 Å². The zero-order valence-corrected chi connectivity index (χ0v) is 6.34. The van der Waals surface area contributed by atoms with Crippen molar-refractivity contribution in [1.82, 2.24) is 0 Å². The third-order valence-corrected chi connectivity index (χ3v) is 2.47. The van der Waals surface area contributed by atoms with E-state index in [-0.39, 0.29) is 0 Å². The van der Waals surface area contributed by atoms with Crippen molar-refractivity contribution in [1.29, 1.82) is 0 Å². The number of rotatable bonds is 0. The minimum atomic E-state index is -0.873. The molecule has 2 atom stereocenters. The monoisotopic (exact) mass is 154 g/mol. The van der Waals surface area contributed by atoms with Crippen LogP contribution < -0.4 is 0 Å². The van der Waals surface area contributed by atoms with E-state index in [0.29, 0.717) is 7.28 Å². The number of esters is 2. The molecule has 0 radical (unpaired) electrons. The van der Waals surface area contributed by atoms with Gasteiger partial charge in [0.15, 0.2) is 0 Å². The lowest BCUT2D eigenvalue weighted by Gasteiger charge is -2.25. The second kappa shape index (κ2) is 1.44. The van der Waals surface area contributed by atoms with Gasteiger partial charge in [0.25, 0.3) is 0 Å². The van der Waals surface area contributed by atoms with Crippen LogP contribution >= 0.6 is 0 Å². The van der Waals surface area contributed by atoms with Crippen LogP contribution in [0.4, 0.5) is 0 Å². The zero-order chi connectivity index (χ0) is 8.28. The summed E-state index contributed by atoms with van der Waals surface area (Å²) in [5, 5.41) is 0. The first-order valence-corrected chi connectivity index (χ1v) is 3.43. The highest BCUT2D eigenvalue weighted by Gasteiger charge is 2.72. The minimum absolute atomic E-state index is 0.558. The Morgan fingerprint density at radius 2 is 1.45 bits per heavy atom. The predicted molar refractivity (Wildman–Crippen MR) is 36.1 cm³/mol. The van der Waals surface area contributed by atoms with Crippen LogP contribution in [0, 0.1) is 0 Å². The molecule has 0 N–H and O–H groups in total. The lowest BCUT2D eigenvalue weighted by molar-refractivity contribution is -0.191. The third kappa shape index (κ3) is 0.653. The van der Waals surface area contributed by atoms with E-state index in [0.717, 1.165) is 0 Å². The summed E-state index contributed by atoms with van der Waals surface area (Å²) in [6, 6.07) is 0. The highest BCUT2D eigenvalue weighted by atomic mass is 16.7. The fourth-order valence-electron chi connectivity index (χ4n) is 1.38. The SMILES string of the molecule is CC12B[C@]1(C)OC(=O)C(=O)O2. The summed E-state index contributed by atoms with van der Waals surface area (Å²) in [6.07, 6.45) is 0. The van der Waals surface area contributed by atoms with Gasteiger partial charge >= 0.3 is 11.9 Å². The summed E-state index contributed by atoms with van der Waals surface area (Å²) < 4.78 is 9.70. The van der Waals surface area contributed by atoms with Crippen LogP contribution in [-0.4, -0.2) is 30.2 Å². The number of hydrogen-bond acceptors (Lipinski definition) is 4. The number of fused-ring (bicyclic) bond motifs is 1. The highest BCUT2D eigenvalue weighted by molar-refractivity contribution is 6.61. The van der Waals surface area contributed by atoms with Crippen LogP contribution in [0.5, 0.6) is 0 Å². The van der Waals surface area contributed by atoms with Crippen LogP contribution in [0.3, 0.4) is 0 Å². The lowest BCUT2D eigenvalue weighted by Crippen LogP contribution is -2.41. The zero-order valence-electron chi connectivity index (χ0n) is 6.34. The lowest BCUT2D eigenvalue weighted by atomic mass is 9.97. The topological polar surface area (TPSA) is 52.6 Å². The third-order valence-electron chi connectivity index (χ3n) is 2.47. The summed E-state index contributed by atoms with van der Waals surface area (Å²) >= 11 is 0. The van der Waals surface area contributed by atoms with Gasteiger partial charge in [-0.3, -0.25) is 0 Å². The maximum Gasteiger partial charge on any atom is 0.417 e. The van der Waals surface area contributed by atoms with Gasteiger partial charge in [-0.05, 0) is 13.8 Å². The molecule has 0 saturated carbocycles. The quantitative estimate of drug-likeness (QED) is 0.254. The number of carbonyl (C=O) groups excluding carboxylic acids is 2. The van der Waals surface area contributed by atoms with Gasteiger partial charge in [-0.1, -0.05) is 0 Å². The molecular formula is C6H7BO4. The van der Waals surface area contributed by atoms with Gasteiger partial charge < -0.3 is 9.47 Å². The summed E-state index contributed by atoms with van der Waals surface area (Å²) in [7, 11) is 0.609. The molecule has 2 heterocycles. The van der Waals surface area contributed by atoms with Crippen molar-refractivity contribution in [3.63, 3.8) is 0 Å². The van der Waals surface area contributed by atoms with Gasteiger partial charge in [0, 0.05) is 0 Å². The fourth-order valence-corrected chi connectivity index (χ4v) is 1.38. The summed E-state index contributed by atoms with van der Waals surface area (Å²) in [6.45, 7) is 3.52. The molecule has 0 aromatic heterocycles. The molecule has 2 aliphatic heterocycles. The standard InChI is InChI=1S/C6H7BO4/c1-5-6(2,7-5)11-4(9)3(8)10-5/h7H,1-2H3/t5-,6?/m1/s1. The van der Waals surface area contributed by atoms with Crippen molar-refractivity contribution in [2.24, 2.45) is 0 Å². The van der Waals surface area contributed by atoms with Crippen LogP contribution in [-0.2, 0) is 19.1 Å². The Morgan fingerprint density at radius 3 is 1.82 bits per heavy atom. The van der Waals surface area contributed by atoms with Crippen molar-refractivity contribution >= 4 is 19.2 Å². The number of carbonyl (C=O) groups is 2. The van der Waals surface area contributed by atoms with Crippen molar-refractivity contribution in [2.75, 3.05) is 0 Å². The van der Waals surface area contributed by atoms with Crippen molar-refractivity contribution in [3.05, 3.63) is 0 Å². The Labute approximate surface area is 64.1 Å². The molecule has 58 valence electrons. The molecule has 4 nitrogen and oxygen atoms in total. The maximum atomic E-state index is 10.7. The number of hydrogen-bond donors (Lipinski definition) is 0. The molecule has 1 unspecified atom stereocenters. The van der Waals surface area contributed by atoms with Crippen LogP contribution in [0.2, 0.25) is 0 Å². The van der Waals surface area contributed by atoms with E-state index in [1.54, 1.807) is 13.8 Å². The molecule has 2 fully saturated rings. The van der Waals surface area contributed by atoms with Crippen LogP contribution in [0.15, 0.2) is 0 Å². The molecule has 0 aromatic rings. The van der Waals surface area contributed by atoms with Gasteiger partial charge in [0.1, 0.15) is 11.0 Å². The average Bonchev–Trinajstić information content (AvgIpc) is 2.33. The van der Waals surface area contributed by atoms with Crippen LogP contribution in [0.25, 0.3) is 0 Å². The molecule has 0 amide bonds. The molecular weight excluding hydrogens is 147 g/mol. The predicted octanol–water partition coefficient (Wildman–Crippen LogP) is -1.03. The van der Waals surface area contributed by atoms with E-state index in [2.05, 4.69) is 0 Å². The van der Waals surface area contributed by atoms with E-state index >= 15 is 0 Å². The molecule has 0 spiro atoms. The fraction of sp³-hybridized carbons (Fsp3) is 0.667. The van der Waals surface area contributed by atoms with E-state index in [4.69, 9.17) is 9.47 Å². The molecule has 0 bridgehead atoms. The first-order valence-electron chi connectivity index (χ1n) is 3.43. The van der Waals surface area contributed by atoms with Gasteiger partial charge in [-0.15, -0.1) is 0 Å². The highest BCUT2D eigenvalue weighted by Crippen LogP contribution is 2.47. The normalized spacial score (nSPS) is 46.7. The maximum absolute atomic E-state index is 10.7. The van der Waals surface area contributed by atoms with Gasteiger partial charge in [0.05, 0.1) is 0 Å². The molecule has 2 rings (SSSR count). The van der Waals surface area contributed by atoms with E-state index < -0.39 is 22.9 Å². The first kappa shape index (κ1) is 6.70. The Balaban J connectivity index is 2.28. The minimum Gasteiger partial charge on any atom is -0.457 e. The molecule has 5 heteroatoms. The molecule has 2 saturated heterocycles. The first-order chi connectivity index (χ1) is 4.97. The molecule has 0 aliphatic carbocycles. The van der Waals surface area contributed by atoms with Gasteiger partial charge in [-0.2, -0.15) is 0 Å². The summed E-state index contributed by atoms with van der Waals surface area (Å²) in [5.41, 5.74) is -1.12. The molecule has 11 heavy (non-hydrogen) atoms. The smallest absolute Gasteiger partial charge is 0.417 e. The number of ether oxygens (including phenoxy) is 2. The Bertz CT molecular complexity index is 237. The Kier molecular flexibility index (Phi) is 0.878. The summed E-state index contributed by atoms with van der Waals surface area (Å²) in [4.78, 5) is 21.4. The molecule has 0 aromatic carbocycles.